The summed E-state index contributed by atoms with van der Waals surface area (Å²) in [6.45, 7) is 2.11. The average molecular weight is 255 g/mol. The number of carbonyl (C=O) groups is 1. The summed E-state index contributed by atoms with van der Waals surface area (Å²) in [4.78, 5) is 16.3. The van der Waals surface area contributed by atoms with Crippen molar-refractivity contribution in [2.24, 2.45) is 0 Å². The number of Topliss-reactive ketones (excluding diaryl/α,β-unsaturated/α-hetero) is 1. The topological polar surface area (TPSA) is 39.2 Å². The normalized spacial score (nSPS) is 10.2. The van der Waals surface area contributed by atoms with E-state index in [1.807, 2.05) is 12.1 Å². The lowest BCUT2D eigenvalue weighted by Crippen LogP contribution is -2.06. The Hall–Kier alpha value is -2.16. The molecular weight excluding hydrogens is 238 g/mol. The van der Waals surface area contributed by atoms with Crippen molar-refractivity contribution >= 4 is 5.78 Å². The van der Waals surface area contributed by atoms with Crippen molar-refractivity contribution < 1.29 is 9.53 Å². The number of hydrogen-bond acceptors (Lipinski definition) is 3. The molecule has 1 aromatic carbocycles. The first kappa shape index (κ1) is 13.3. The lowest BCUT2D eigenvalue weighted by atomic mass is 10.0. The molecule has 0 aliphatic rings. The van der Waals surface area contributed by atoms with Crippen LogP contribution >= 0.6 is 0 Å². The number of pyridine rings is 1. The Morgan fingerprint density at radius 2 is 1.84 bits per heavy atom. The highest BCUT2D eigenvalue weighted by molar-refractivity contribution is 5.99. The van der Waals surface area contributed by atoms with E-state index in [4.69, 9.17) is 4.74 Å². The minimum atomic E-state index is 0.0224. The van der Waals surface area contributed by atoms with E-state index in [0.29, 0.717) is 17.9 Å². The Bertz CT molecular complexity index is 561. The lowest BCUT2D eigenvalue weighted by Gasteiger charge is -2.06. The highest BCUT2D eigenvalue weighted by Gasteiger charge is 2.13. The molecular formula is C16H17NO2. The van der Waals surface area contributed by atoms with Crippen molar-refractivity contribution in [1.82, 2.24) is 4.98 Å². The Labute approximate surface area is 113 Å². The van der Waals surface area contributed by atoms with E-state index < -0.39 is 0 Å². The van der Waals surface area contributed by atoms with E-state index in [1.54, 1.807) is 18.3 Å². The molecule has 0 unspecified atom stereocenters. The monoisotopic (exact) mass is 255 g/mol. The fourth-order valence-corrected chi connectivity index (χ4v) is 1.94. The van der Waals surface area contributed by atoms with Gasteiger partial charge in [0, 0.05) is 12.6 Å². The van der Waals surface area contributed by atoms with E-state index in [9.17, 15) is 4.79 Å². The third kappa shape index (κ3) is 3.19. The van der Waals surface area contributed by atoms with Gasteiger partial charge in [-0.3, -0.25) is 4.79 Å². The van der Waals surface area contributed by atoms with Crippen LogP contribution in [0.4, 0.5) is 0 Å². The van der Waals surface area contributed by atoms with E-state index in [1.165, 1.54) is 12.7 Å². The first-order chi connectivity index (χ1) is 9.24. The number of aromatic nitrogens is 1. The average Bonchev–Trinajstić information content (AvgIpc) is 2.48. The SMILES string of the molecule is CCc1ccc(CC(=O)c2cccnc2OC)cc1. The van der Waals surface area contributed by atoms with Crippen LogP contribution < -0.4 is 4.74 Å². The Balaban J connectivity index is 2.16. The molecule has 1 heterocycles. The number of rotatable bonds is 5. The number of benzene rings is 1. The number of ether oxygens (including phenoxy) is 1. The molecule has 3 nitrogen and oxygen atoms in total. The van der Waals surface area contributed by atoms with Gasteiger partial charge in [0.05, 0.1) is 12.7 Å². The third-order valence-corrected chi connectivity index (χ3v) is 3.06. The number of ketones is 1. The fraction of sp³-hybridized carbons (Fsp3) is 0.250. The Kier molecular flexibility index (Phi) is 4.29. The summed E-state index contributed by atoms with van der Waals surface area (Å²) < 4.78 is 5.11. The van der Waals surface area contributed by atoms with Gasteiger partial charge in [0.1, 0.15) is 0 Å². The predicted molar refractivity (Wildman–Crippen MR) is 74.6 cm³/mol. The van der Waals surface area contributed by atoms with E-state index in [2.05, 4.69) is 24.0 Å². The first-order valence-corrected chi connectivity index (χ1v) is 6.34. The van der Waals surface area contributed by atoms with Crippen LogP contribution in [0.15, 0.2) is 42.6 Å². The van der Waals surface area contributed by atoms with Crippen molar-refractivity contribution in [3.05, 3.63) is 59.3 Å². The van der Waals surface area contributed by atoms with Crippen LogP contribution in [0.2, 0.25) is 0 Å². The van der Waals surface area contributed by atoms with Crippen molar-refractivity contribution in [2.45, 2.75) is 19.8 Å². The summed E-state index contributed by atoms with van der Waals surface area (Å²) in [6.07, 6.45) is 2.99. The summed E-state index contributed by atoms with van der Waals surface area (Å²) in [7, 11) is 1.52. The summed E-state index contributed by atoms with van der Waals surface area (Å²) in [5, 5.41) is 0. The van der Waals surface area contributed by atoms with Crippen molar-refractivity contribution in [3.63, 3.8) is 0 Å². The summed E-state index contributed by atoms with van der Waals surface area (Å²) >= 11 is 0. The van der Waals surface area contributed by atoms with Gasteiger partial charge in [0.2, 0.25) is 5.88 Å². The first-order valence-electron chi connectivity index (χ1n) is 6.34. The number of aryl methyl sites for hydroxylation is 1. The predicted octanol–water partition coefficient (Wildman–Crippen LogP) is 3.08. The zero-order valence-electron chi connectivity index (χ0n) is 11.2. The second-order valence-corrected chi connectivity index (χ2v) is 4.33. The minimum absolute atomic E-state index is 0.0224. The van der Waals surface area contributed by atoms with Gasteiger partial charge in [-0.25, -0.2) is 4.98 Å². The summed E-state index contributed by atoms with van der Waals surface area (Å²) in [6, 6.07) is 11.6. The van der Waals surface area contributed by atoms with E-state index in [-0.39, 0.29) is 5.78 Å². The molecule has 0 spiro atoms. The molecule has 2 aromatic rings. The van der Waals surface area contributed by atoms with Gasteiger partial charge in [-0.05, 0) is 29.7 Å². The smallest absolute Gasteiger partial charge is 0.224 e. The second kappa shape index (κ2) is 6.14. The van der Waals surface area contributed by atoms with Gasteiger partial charge in [0.15, 0.2) is 5.78 Å². The van der Waals surface area contributed by atoms with Crippen LogP contribution in [0.25, 0.3) is 0 Å². The van der Waals surface area contributed by atoms with E-state index in [0.717, 1.165) is 12.0 Å². The number of nitrogens with zero attached hydrogens (tertiary/aromatic N) is 1. The molecule has 0 saturated heterocycles. The van der Waals surface area contributed by atoms with Gasteiger partial charge in [0.25, 0.3) is 0 Å². The molecule has 98 valence electrons. The quantitative estimate of drug-likeness (QED) is 0.771. The molecule has 0 N–H and O–H groups in total. The highest BCUT2D eigenvalue weighted by Crippen LogP contribution is 2.17. The molecule has 0 fully saturated rings. The molecule has 0 bridgehead atoms. The van der Waals surface area contributed by atoms with Gasteiger partial charge in [-0.15, -0.1) is 0 Å². The number of hydrogen-bond donors (Lipinski definition) is 0. The maximum absolute atomic E-state index is 12.2. The molecule has 0 aliphatic carbocycles. The van der Waals surface area contributed by atoms with E-state index >= 15 is 0 Å². The van der Waals surface area contributed by atoms with Crippen LogP contribution in [0, 0.1) is 0 Å². The molecule has 0 amide bonds. The Morgan fingerprint density at radius 1 is 1.16 bits per heavy atom. The standard InChI is InChI=1S/C16H17NO2/c1-3-12-6-8-13(9-7-12)11-15(18)14-5-4-10-17-16(14)19-2/h4-10H,3,11H2,1-2H3. The molecule has 1 aromatic heterocycles. The van der Waals surface area contributed by atoms with Crippen molar-refractivity contribution in [1.29, 1.82) is 0 Å². The lowest BCUT2D eigenvalue weighted by molar-refractivity contribution is 0.0989. The minimum Gasteiger partial charge on any atom is -0.480 e. The van der Waals surface area contributed by atoms with Crippen molar-refractivity contribution in [3.8, 4) is 5.88 Å². The van der Waals surface area contributed by atoms with Gasteiger partial charge >= 0.3 is 0 Å². The largest absolute Gasteiger partial charge is 0.480 e. The molecule has 0 saturated carbocycles. The summed E-state index contributed by atoms with van der Waals surface area (Å²) in [5.74, 6) is 0.409. The molecule has 3 heteroatoms. The maximum atomic E-state index is 12.2. The fourth-order valence-electron chi connectivity index (χ4n) is 1.94. The third-order valence-electron chi connectivity index (χ3n) is 3.06. The van der Waals surface area contributed by atoms with Crippen LogP contribution in [-0.4, -0.2) is 17.9 Å². The zero-order valence-corrected chi connectivity index (χ0v) is 11.2. The second-order valence-electron chi connectivity index (χ2n) is 4.33. The molecule has 0 atom stereocenters. The van der Waals surface area contributed by atoms with Crippen LogP contribution in [0.5, 0.6) is 5.88 Å². The molecule has 0 aliphatic heterocycles. The van der Waals surface area contributed by atoms with Gasteiger partial charge in [-0.2, -0.15) is 0 Å². The van der Waals surface area contributed by atoms with Gasteiger partial charge < -0.3 is 4.74 Å². The maximum Gasteiger partial charge on any atom is 0.224 e. The summed E-state index contributed by atoms with van der Waals surface area (Å²) in [5.41, 5.74) is 2.81. The van der Waals surface area contributed by atoms with Crippen LogP contribution in [0.3, 0.4) is 0 Å². The highest BCUT2D eigenvalue weighted by atomic mass is 16.5. The Morgan fingerprint density at radius 3 is 2.47 bits per heavy atom. The van der Waals surface area contributed by atoms with Crippen molar-refractivity contribution in [2.75, 3.05) is 7.11 Å². The zero-order chi connectivity index (χ0) is 13.7. The molecule has 0 radical (unpaired) electrons. The molecule has 19 heavy (non-hydrogen) atoms. The number of carbonyl (C=O) groups excluding carboxylic acids is 1. The van der Waals surface area contributed by atoms with Crippen LogP contribution in [0.1, 0.15) is 28.4 Å². The van der Waals surface area contributed by atoms with Gasteiger partial charge in [-0.1, -0.05) is 31.2 Å². The van der Waals surface area contributed by atoms with Crippen LogP contribution in [-0.2, 0) is 12.8 Å². The number of methoxy groups -OCH3 is 1. The molecule has 2 rings (SSSR count).